The number of carbonyl (C=O) groups is 2. The van der Waals surface area contributed by atoms with E-state index in [9.17, 15) is 9.59 Å². The lowest BCUT2D eigenvalue weighted by Gasteiger charge is -2.28. The van der Waals surface area contributed by atoms with Gasteiger partial charge in [-0.25, -0.2) is 0 Å². The molecular weight excluding hydrogens is 432 g/mol. The molecule has 34 heavy (non-hydrogen) atoms. The number of hydrogen-bond donors (Lipinski definition) is 0. The minimum Gasteiger partial charge on any atom is -0.464 e. The number of hydrogen-bond acceptors (Lipinski definition) is 5. The smallest absolute Gasteiger partial charge is 0.254 e. The number of nitrogens with zero attached hydrogens (tertiary/aromatic N) is 2. The van der Waals surface area contributed by atoms with Gasteiger partial charge in [-0.3, -0.25) is 9.59 Å². The zero-order valence-corrected chi connectivity index (χ0v) is 19.5. The van der Waals surface area contributed by atoms with Crippen LogP contribution in [-0.4, -0.2) is 41.0 Å². The van der Waals surface area contributed by atoms with E-state index >= 15 is 0 Å². The van der Waals surface area contributed by atoms with Gasteiger partial charge in [-0.1, -0.05) is 24.3 Å². The molecule has 0 atom stereocenters. The maximum atomic E-state index is 13.6. The molecule has 1 aliphatic heterocycles. The lowest BCUT2D eigenvalue weighted by Crippen LogP contribution is -2.43. The molecular formula is C27H28N2O5. The van der Waals surface area contributed by atoms with Crippen LogP contribution in [-0.2, 0) is 17.9 Å². The van der Waals surface area contributed by atoms with E-state index in [1.807, 2.05) is 68.4 Å². The Morgan fingerprint density at radius 3 is 2.47 bits per heavy atom. The van der Waals surface area contributed by atoms with Crippen molar-refractivity contribution in [2.45, 2.75) is 45.8 Å². The second-order valence-electron chi connectivity index (χ2n) is 8.93. The monoisotopic (exact) mass is 460 g/mol. The van der Waals surface area contributed by atoms with E-state index in [4.69, 9.17) is 13.9 Å². The average Bonchev–Trinajstić information content (AvgIpc) is 3.42. The SMILES string of the molecule is Cc1ccc(CN(Cc2ccc3c(c2)OCO3)C(=O)CN(C(=O)c2ccccc2C)C2CC2)o1. The third-order valence-corrected chi connectivity index (χ3v) is 6.24. The number of amides is 2. The van der Waals surface area contributed by atoms with Gasteiger partial charge in [0, 0.05) is 18.2 Å². The van der Waals surface area contributed by atoms with E-state index in [2.05, 4.69) is 0 Å². The van der Waals surface area contributed by atoms with Crippen molar-refractivity contribution < 1.29 is 23.5 Å². The van der Waals surface area contributed by atoms with Gasteiger partial charge >= 0.3 is 0 Å². The quantitative estimate of drug-likeness (QED) is 0.496. The molecule has 0 radical (unpaired) electrons. The standard InChI is InChI=1S/C27H28N2O5/c1-18-5-3-4-6-23(18)27(31)29(21-9-10-21)16-26(30)28(15-22-11-7-19(2)34-22)14-20-8-12-24-25(13-20)33-17-32-24/h3-8,11-13,21H,9-10,14-17H2,1-2H3. The van der Waals surface area contributed by atoms with Gasteiger partial charge in [-0.05, 0) is 68.1 Å². The van der Waals surface area contributed by atoms with Gasteiger partial charge in [0.25, 0.3) is 5.91 Å². The Hall–Kier alpha value is -3.74. The molecule has 2 heterocycles. The molecule has 7 heteroatoms. The summed E-state index contributed by atoms with van der Waals surface area (Å²) in [7, 11) is 0. The summed E-state index contributed by atoms with van der Waals surface area (Å²) in [6, 6.07) is 17.1. The van der Waals surface area contributed by atoms with Gasteiger partial charge in [0.05, 0.1) is 6.54 Å². The molecule has 2 aromatic carbocycles. The summed E-state index contributed by atoms with van der Waals surface area (Å²) >= 11 is 0. The topological polar surface area (TPSA) is 72.2 Å². The Morgan fingerprint density at radius 2 is 1.74 bits per heavy atom. The van der Waals surface area contributed by atoms with Gasteiger partial charge in [0.1, 0.15) is 18.1 Å². The van der Waals surface area contributed by atoms with Crippen molar-refractivity contribution in [3.8, 4) is 11.5 Å². The van der Waals surface area contributed by atoms with Gasteiger partial charge in [0.15, 0.2) is 11.5 Å². The number of furan rings is 1. The fraction of sp³-hybridized carbons (Fsp3) is 0.333. The maximum absolute atomic E-state index is 13.6. The zero-order chi connectivity index (χ0) is 23.7. The fourth-order valence-corrected chi connectivity index (χ4v) is 4.22. The number of ether oxygens (including phenoxy) is 2. The average molecular weight is 461 g/mol. The summed E-state index contributed by atoms with van der Waals surface area (Å²) in [5, 5.41) is 0. The van der Waals surface area contributed by atoms with Crippen LogP contribution >= 0.6 is 0 Å². The van der Waals surface area contributed by atoms with E-state index in [1.54, 1.807) is 9.80 Å². The van der Waals surface area contributed by atoms with E-state index in [1.165, 1.54) is 0 Å². The molecule has 1 fully saturated rings. The molecule has 176 valence electrons. The highest BCUT2D eigenvalue weighted by Gasteiger charge is 2.36. The molecule has 0 spiro atoms. The molecule has 0 saturated heterocycles. The van der Waals surface area contributed by atoms with E-state index in [0.717, 1.165) is 29.7 Å². The largest absolute Gasteiger partial charge is 0.464 e. The molecule has 2 amide bonds. The Kier molecular flexibility index (Phi) is 6.01. The van der Waals surface area contributed by atoms with Crippen LogP contribution in [0.3, 0.4) is 0 Å². The normalized spacial score (nSPS) is 14.2. The molecule has 0 unspecified atom stereocenters. The minimum absolute atomic E-state index is 0.0298. The van der Waals surface area contributed by atoms with Crippen molar-refractivity contribution >= 4 is 11.8 Å². The van der Waals surface area contributed by atoms with Crippen LogP contribution < -0.4 is 9.47 Å². The second-order valence-corrected chi connectivity index (χ2v) is 8.93. The van der Waals surface area contributed by atoms with Crippen molar-refractivity contribution in [3.05, 3.63) is 82.8 Å². The number of fused-ring (bicyclic) bond motifs is 1. The predicted molar refractivity (Wildman–Crippen MR) is 126 cm³/mol. The Balaban J connectivity index is 1.37. The first-order valence-electron chi connectivity index (χ1n) is 11.6. The predicted octanol–water partition coefficient (Wildman–Crippen LogP) is 4.46. The van der Waals surface area contributed by atoms with Crippen molar-refractivity contribution in [2.24, 2.45) is 0 Å². The zero-order valence-electron chi connectivity index (χ0n) is 19.5. The fourth-order valence-electron chi connectivity index (χ4n) is 4.22. The van der Waals surface area contributed by atoms with Crippen LogP contribution in [0.1, 0.15) is 45.8 Å². The van der Waals surface area contributed by atoms with E-state index in [-0.39, 0.29) is 31.2 Å². The Bertz CT molecular complexity index is 1210. The lowest BCUT2D eigenvalue weighted by molar-refractivity contribution is -0.133. The van der Waals surface area contributed by atoms with Crippen LogP contribution in [0.4, 0.5) is 0 Å². The van der Waals surface area contributed by atoms with Crippen molar-refractivity contribution in [1.29, 1.82) is 0 Å². The van der Waals surface area contributed by atoms with E-state index < -0.39 is 0 Å². The molecule has 5 rings (SSSR count). The van der Waals surface area contributed by atoms with Crippen molar-refractivity contribution in [3.63, 3.8) is 0 Å². The third-order valence-electron chi connectivity index (χ3n) is 6.24. The third kappa shape index (κ3) is 4.78. The Labute approximate surface area is 198 Å². The summed E-state index contributed by atoms with van der Waals surface area (Å²) < 4.78 is 16.7. The summed E-state index contributed by atoms with van der Waals surface area (Å²) in [5.74, 6) is 2.65. The molecule has 1 aromatic heterocycles. The van der Waals surface area contributed by atoms with Crippen LogP contribution in [0.2, 0.25) is 0 Å². The summed E-state index contributed by atoms with van der Waals surface area (Å²) in [6.45, 7) is 4.71. The number of aryl methyl sites for hydroxylation is 2. The number of benzene rings is 2. The van der Waals surface area contributed by atoms with Crippen molar-refractivity contribution in [2.75, 3.05) is 13.3 Å². The molecule has 1 saturated carbocycles. The molecule has 0 N–H and O–H groups in total. The number of carbonyl (C=O) groups excluding carboxylic acids is 2. The van der Waals surface area contributed by atoms with Crippen molar-refractivity contribution in [1.82, 2.24) is 9.80 Å². The van der Waals surface area contributed by atoms with E-state index in [0.29, 0.717) is 35.9 Å². The first kappa shape index (κ1) is 22.1. The maximum Gasteiger partial charge on any atom is 0.254 e. The summed E-state index contributed by atoms with van der Waals surface area (Å²) in [4.78, 5) is 30.4. The van der Waals surface area contributed by atoms with Gasteiger partial charge in [-0.15, -0.1) is 0 Å². The van der Waals surface area contributed by atoms with Gasteiger partial charge < -0.3 is 23.7 Å². The van der Waals surface area contributed by atoms with Crippen LogP contribution in [0.25, 0.3) is 0 Å². The molecule has 3 aromatic rings. The molecule has 7 nitrogen and oxygen atoms in total. The van der Waals surface area contributed by atoms with Gasteiger partial charge in [0.2, 0.25) is 12.7 Å². The van der Waals surface area contributed by atoms with Crippen LogP contribution in [0.5, 0.6) is 11.5 Å². The molecule has 2 aliphatic rings. The van der Waals surface area contributed by atoms with Gasteiger partial charge in [-0.2, -0.15) is 0 Å². The first-order valence-corrected chi connectivity index (χ1v) is 11.6. The highest BCUT2D eigenvalue weighted by Crippen LogP contribution is 2.33. The highest BCUT2D eigenvalue weighted by molar-refractivity contribution is 5.98. The highest BCUT2D eigenvalue weighted by atomic mass is 16.7. The van der Waals surface area contributed by atoms with Crippen LogP contribution in [0.15, 0.2) is 59.0 Å². The van der Waals surface area contributed by atoms with Crippen LogP contribution in [0, 0.1) is 13.8 Å². The second kappa shape index (κ2) is 9.25. The Morgan fingerprint density at radius 1 is 0.941 bits per heavy atom. The molecule has 1 aliphatic carbocycles. The number of rotatable bonds is 8. The first-order chi connectivity index (χ1) is 16.5. The summed E-state index contributed by atoms with van der Waals surface area (Å²) in [6.07, 6.45) is 1.84. The lowest BCUT2D eigenvalue weighted by atomic mass is 10.1. The molecule has 0 bridgehead atoms. The summed E-state index contributed by atoms with van der Waals surface area (Å²) in [5.41, 5.74) is 2.48. The minimum atomic E-state index is -0.124.